The second-order valence-electron chi connectivity index (χ2n) is 6.16. The van der Waals surface area contributed by atoms with Gasteiger partial charge in [0.15, 0.2) is 15.8 Å². The number of nitrogens with one attached hydrogen (secondary N) is 2. The number of thioether (sulfide) groups is 1. The fourth-order valence-corrected chi connectivity index (χ4v) is 4.22. The smallest absolute Gasteiger partial charge is 0.261 e. The number of aromatic nitrogens is 2. The molecule has 0 spiro atoms. The zero-order chi connectivity index (χ0) is 22.9. The molecule has 0 radical (unpaired) electrons. The normalized spacial score (nSPS) is 10.3. The minimum atomic E-state index is -0.401. The molecule has 3 aromatic rings. The molecule has 0 aliphatic rings. The van der Waals surface area contributed by atoms with Gasteiger partial charge in [-0.05, 0) is 43.3 Å². The number of methoxy groups -OCH3 is 2. The van der Waals surface area contributed by atoms with Crippen molar-refractivity contribution < 1.29 is 23.8 Å². The molecule has 2 amide bonds. The highest BCUT2D eigenvalue weighted by Crippen LogP contribution is 2.32. The van der Waals surface area contributed by atoms with Gasteiger partial charge < -0.3 is 19.5 Å². The third-order valence-electron chi connectivity index (χ3n) is 4.05. The number of ether oxygens (including phenoxy) is 3. The van der Waals surface area contributed by atoms with Crippen molar-refractivity contribution in [3.05, 3.63) is 48.0 Å². The lowest BCUT2D eigenvalue weighted by molar-refractivity contribution is -0.113. The van der Waals surface area contributed by atoms with Crippen LogP contribution in [0.25, 0.3) is 0 Å². The molecule has 1 aromatic heterocycles. The highest BCUT2D eigenvalue weighted by Gasteiger charge is 2.18. The maximum atomic E-state index is 12.6. The van der Waals surface area contributed by atoms with E-state index in [1.54, 1.807) is 42.5 Å². The van der Waals surface area contributed by atoms with Crippen LogP contribution in [-0.2, 0) is 4.79 Å². The number of benzene rings is 2. The van der Waals surface area contributed by atoms with Crippen LogP contribution in [0.2, 0.25) is 0 Å². The first-order valence-electron chi connectivity index (χ1n) is 9.55. The Labute approximate surface area is 193 Å². The number of amides is 2. The molecule has 0 aliphatic heterocycles. The van der Waals surface area contributed by atoms with E-state index < -0.39 is 5.91 Å². The van der Waals surface area contributed by atoms with E-state index in [2.05, 4.69) is 20.8 Å². The standard InChI is InChI=1S/C21H22N4O5S2/c1-4-30-14-10-8-13(9-11-14)22-17(26)12-31-21-25-24-20(32-21)23-19(27)15-6-5-7-16(28-2)18(15)29-3/h5-11H,4,12H2,1-3H3,(H,22,26)(H,23,24,27). The second-order valence-corrected chi connectivity index (χ2v) is 8.36. The summed E-state index contributed by atoms with van der Waals surface area (Å²) in [6.07, 6.45) is 0. The van der Waals surface area contributed by atoms with Crippen LogP contribution >= 0.6 is 23.1 Å². The molecule has 3 rings (SSSR count). The number of carbonyl (C=O) groups excluding carboxylic acids is 2. The molecule has 9 nitrogen and oxygen atoms in total. The fraction of sp³-hybridized carbons (Fsp3) is 0.238. The average Bonchev–Trinajstić information content (AvgIpc) is 3.25. The van der Waals surface area contributed by atoms with Crippen LogP contribution < -0.4 is 24.8 Å². The topological polar surface area (TPSA) is 112 Å². The van der Waals surface area contributed by atoms with Crippen LogP contribution in [0.4, 0.5) is 10.8 Å². The molecule has 2 N–H and O–H groups in total. The first-order chi connectivity index (χ1) is 15.5. The number of anilines is 2. The van der Waals surface area contributed by atoms with Gasteiger partial charge in [-0.15, -0.1) is 10.2 Å². The summed E-state index contributed by atoms with van der Waals surface area (Å²) in [4.78, 5) is 24.8. The molecule has 11 heteroatoms. The number of hydrogen-bond donors (Lipinski definition) is 2. The largest absolute Gasteiger partial charge is 0.494 e. The summed E-state index contributed by atoms with van der Waals surface area (Å²) in [6, 6.07) is 12.2. The van der Waals surface area contributed by atoms with Crippen LogP contribution in [0.3, 0.4) is 0 Å². The van der Waals surface area contributed by atoms with E-state index in [1.165, 1.54) is 37.3 Å². The third kappa shape index (κ3) is 6.11. The summed E-state index contributed by atoms with van der Waals surface area (Å²) in [5.74, 6) is 1.10. The molecule has 168 valence electrons. The maximum Gasteiger partial charge on any atom is 0.261 e. The zero-order valence-electron chi connectivity index (χ0n) is 17.7. The molecule has 0 aliphatic carbocycles. The van der Waals surface area contributed by atoms with Crippen LogP contribution in [0, 0.1) is 0 Å². The number of nitrogens with zero attached hydrogens (tertiary/aromatic N) is 2. The summed E-state index contributed by atoms with van der Waals surface area (Å²) in [5.41, 5.74) is 0.988. The highest BCUT2D eigenvalue weighted by atomic mass is 32.2. The fourth-order valence-electron chi connectivity index (χ4n) is 2.67. The van der Waals surface area contributed by atoms with Crippen molar-refractivity contribution in [2.45, 2.75) is 11.3 Å². The monoisotopic (exact) mass is 474 g/mol. The van der Waals surface area contributed by atoms with Gasteiger partial charge in [0.05, 0.1) is 32.1 Å². The number of rotatable bonds is 10. The Balaban J connectivity index is 1.53. The molecule has 0 saturated heterocycles. The third-order valence-corrected chi connectivity index (χ3v) is 6.02. The van der Waals surface area contributed by atoms with Crippen molar-refractivity contribution in [1.82, 2.24) is 10.2 Å². The van der Waals surface area contributed by atoms with Gasteiger partial charge >= 0.3 is 0 Å². The van der Waals surface area contributed by atoms with Crippen molar-refractivity contribution in [2.24, 2.45) is 0 Å². The molecule has 0 bridgehead atoms. The molecule has 0 atom stereocenters. The summed E-state index contributed by atoms with van der Waals surface area (Å²) in [5, 5.41) is 13.8. The van der Waals surface area contributed by atoms with Crippen molar-refractivity contribution in [3.8, 4) is 17.2 Å². The van der Waals surface area contributed by atoms with Gasteiger partial charge in [0, 0.05) is 5.69 Å². The van der Waals surface area contributed by atoms with E-state index in [0.29, 0.717) is 38.8 Å². The van der Waals surface area contributed by atoms with Gasteiger partial charge in [-0.2, -0.15) is 0 Å². The Hall–Kier alpha value is -3.31. The molecule has 0 saturated carbocycles. The van der Waals surface area contributed by atoms with Crippen molar-refractivity contribution in [2.75, 3.05) is 37.2 Å². The summed E-state index contributed by atoms with van der Waals surface area (Å²) < 4.78 is 16.4. The Morgan fingerprint density at radius 2 is 1.81 bits per heavy atom. The lowest BCUT2D eigenvalue weighted by Gasteiger charge is -2.11. The quantitative estimate of drug-likeness (QED) is 0.336. The summed E-state index contributed by atoms with van der Waals surface area (Å²) in [7, 11) is 2.96. The van der Waals surface area contributed by atoms with E-state index in [4.69, 9.17) is 14.2 Å². The van der Waals surface area contributed by atoms with Gasteiger partial charge in [-0.3, -0.25) is 14.9 Å². The zero-order valence-corrected chi connectivity index (χ0v) is 19.3. The van der Waals surface area contributed by atoms with Gasteiger partial charge in [0.1, 0.15) is 5.75 Å². The van der Waals surface area contributed by atoms with Crippen molar-refractivity contribution >= 4 is 45.7 Å². The minimum Gasteiger partial charge on any atom is -0.494 e. The van der Waals surface area contributed by atoms with Gasteiger partial charge in [0.2, 0.25) is 11.0 Å². The summed E-state index contributed by atoms with van der Waals surface area (Å²) in [6.45, 7) is 2.49. The van der Waals surface area contributed by atoms with Crippen molar-refractivity contribution in [1.29, 1.82) is 0 Å². The number of carbonyl (C=O) groups is 2. The first-order valence-corrected chi connectivity index (χ1v) is 11.4. The molecule has 2 aromatic carbocycles. The van der Waals surface area contributed by atoms with Crippen LogP contribution in [0.15, 0.2) is 46.8 Å². The Bertz CT molecular complexity index is 1070. The Morgan fingerprint density at radius 3 is 2.50 bits per heavy atom. The lowest BCUT2D eigenvalue weighted by atomic mass is 10.1. The molecule has 32 heavy (non-hydrogen) atoms. The number of para-hydroxylation sites is 1. The van der Waals surface area contributed by atoms with E-state index in [0.717, 1.165) is 5.75 Å². The average molecular weight is 475 g/mol. The van der Waals surface area contributed by atoms with E-state index in [-0.39, 0.29) is 11.7 Å². The predicted molar refractivity (Wildman–Crippen MR) is 124 cm³/mol. The van der Waals surface area contributed by atoms with Crippen LogP contribution in [0.1, 0.15) is 17.3 Å². The minimum absolute atomic E-state index is 0.152. The van der Waals surface area contributed by atoms with Crippen LogP contribution in [0.5, 0.6) is 17.2 Å². The highest BCUT2D eigenvalue weighted by molar-refractivity contribution is 8.01. The Morgan fingerprint density at radius 1 is 1.03 bits per heavy atom. The van der Waals surface area contributed by atoms with E-state index in [1.807, 2.05) is 6.92 Å². The lowest BCUT2D eigenvalue weighted by Crippen LogP contribution is -2.13. The second kappa shape index (κ2) is 11.3. The molecule has 0 unspecified atom stereocenters. The molecular formula is C21H22N4O5S2. The first kappa shape index (κ1) is 23.4. The van der Waals surface area contributed by atoms with Gasteiger partial charge in [0.25, 0.3) is 5.91 Å². The molecular weight excluding hydrogens is 452 g/mol. The number of hydrogen-bond acceptors (Lipinski definition) is 9. The predicted octanol–water partition coefficient (Wildman–Crippen LogP) is 3.94. The summed E-state index contributed by atoms with van der Waals surface area (Å²) >= 11 is 2.40. The Kier molecular flexibility index (Phi) is 8.28. The molecule has 1 heterocycles. The van der Waals surface area contributed by atoms with Gasteiger partial charge in [-0.1, -0.05) is 29.2 Å². The van der Waals surface area contributed by atoms with E-state index in [9.17, 15) is 9.59 Å². The van der Waals surface area contributed by atoms with Crippen LogP contribution in [-0.4, -0.2) is 48.6 Å². The van der Waals surface area contributed by atoms with E-state index >= 15 is 0 Å². The maximum absolute atomic E-state index is 12.6. The SMILES string of the molecule is CCOc1ccc(NC(=O)CSc2nnc(NC(=O)c3cccc(OC)c3OC)s2)cc1. The van der Waals surface area contributed by atoms with Gasteiger partial charge in [-0.25, -0.2) is 0 Å². The van der Waals surface area contributed by atoms with Crippen molar-refractivity contribution in [3.63, 3.8) is 0 Å². The molecule has 0 fully saturated rings.